The van der Waals surface area contributed by atoms with Crippen LogP contribution >= 0.6 is 11.3 Å². The molecule has 1 unspecified atom stereocenters. The fourth-order valence-corrected chi connectivity index (χ4v) is 4.62. The van der Waals surface area contributed by atoms with Crippen LogP contribution in [0.4, 0.5) is 27.0 Å². The Morgan fingerprint density at radius 2 is 1.62 bits per heavy atom. The van der Waals surface area contributed by atoms with Crippen molar-refractivity contribution in [1.29, 1.82) is 0 Å². The molecule has 0 saturated carbocycles. The van der Waals surface area contributed by atoms with Crippen LogP contribution in [-0.4, -0.2) is 18.5 Å². The van der Waals surface area contributed by atoms with Crippen molar-refractivity contribution in [3.05, 3.63) is 50.7 Å². The number of esters is 1. The standard InChI is InChI=1S/C19H16F5NO3S/c1-3-28-19(27)10-8-5-4-7(2)6-9(8)29-18(10)25-17(26)11-12(20)14(22)16(24)15(23)13(11)21/h7H,3-6H2,1-2H3,(H,25,26). The summed E-state index contributed by atoms with van der Waals surface area (Å²) in [5, 5.41) is 2.09. The van der Waals surface area contributed by atoms with E-state index in [0.29, 0.717) is 24.3 Å². The van der Waals surface area contributed by atoms with Gasteiger partial charge in [-0.25, -0.2) is 26.7 Å². The number of thiophene rings is 1. The van der Waals surface area contributed by atoms with Crippen molar-refractivity contribution in [3.63, 3.8) is 0 Å². The minimum absolute atomic E-state index is 0.0449. The summed E-state index contributed by atoms with van der Waals surface area (Å²) in [5.41, 5.74) is -0.897. The van der Waals surface area contributed by atoms with Gasteiger partial charge in [-0.3, -0.25) is 4.79 Å². The van der Waals surface area contributed by atoms with Crippen LogP contribution in [0.1, 0.15) is 51.4 Å². The number of hydrogen-bond acceptors (Lipinski definition) is 4. The highest BCUT2D eigenvalue weighted by Crippen LogP contribution is 2.40. The average molecular weight is 433 g/mol. The first-order valence-electron chi connectivity index (χ1n) is 8.81. The summed E-state index contributed by atoms with van der Waals surface area (Å²) >= 11 is 1.03. The highest BCUT2D eigenvalue weighted by atomic mass is 32.1. The number of carbonyl (C=O) groups excluding carboxylic acids is 2. The Morgan fingerprint density at radius 1 is 1.03 bits per heavy atom. The predicted molar refractivity (Wildman–Crippen MR) is 95.6 cm³/mol. The minimum Gasteiger partial charge on any atom is -0.462 e. The van der Waals surface area contributed by atoms with E-state index in [2.05, 4.69) is 5.32 Å². The molecule has 0 fully saturated rings. The molecule has 1 aromatic carbocycles. The van der Waals surface area contributed by atoms with E-state index in [-0.39, 0.29) is 17.2 Å². The van der Waals surface area contributed by atoms with E-state index in [1.165, 1.54) is 0 Å². The van der Waals surface area contributed by atoms with Crippen LogP contribution in [0.15, 0.2) is 0 Å². The van der Waals surface area contributed by atoms with Crippen molar-refractivity contribution >= 4 is 28.2 Å². The first-order chi connectivity index (χ1) is 13.7. The maximum atomic E-state index is 13.9. The largest absolute Gasteiger partial charge is 0.462 e. The topological polar surface area (TPSA) is 55.4 Å². The van der Waals surface area contributed by atoms with E-state index in [4.69, 9.17) is 4.74 Å². The lowest BCUT2D eigenvalue weighted by atomic mass is 9.88. The van der Waals surface area contributed by atoms with Crippen molar-refractivity contribution in [2.75, 3.05) is 11.9 Å². The number of benzene rings is 1. The second-order valence-corrected chi connectivity index (χ2v) is 7.78. The molecular weight excluding hydrogens is 417 g/mol. The van der Waals surface area contributed by atoms with E-state index in [1.807, 2.05) is 6.92 Å². The van der Waals surface area contributed by atoms with Gasteiger partial charge in [0.2, 0.25) is 5.82 Å². The second kappa shape index (κ2) is 8.10. The van der Waals surface area contributed by atoms with Crippen LogP contribution in [0.3, 0.4) is 0 Å². The van der Waals surface area contributed by atoms with Crippen LogP contribution in [0.5, 0.6) is 0 Å². The van der Waals surface area contributed by atoms with Crippen molar-refractivity contribution in [3.8, 4) is 0 Å². The van der Waals surface area contributed by atoms with Crippen molar-refractivity contribution in [1.82, 2.24) is 0 Å². The molecule has 29 heavy (non-hydrogen) atoms. The van der Waals surface area contributed by atoms with E-state index >= 15 is 0 Å². The molecule has 0 saturated heterocycles. The van der Waals surface area contributed by atoms with Gasteiger partial charge in [-0.1, -0.05) is 6.92 Å². The zero-order valence-corrected chi connectivity index (χ0v) is 16.2. The zero-order valence-electron chi connectivity index (χ0n) is 15.4. The molecule has 4 nitrogen and oxygen atoms in total. The molecule has 1 N–H and O–H groups in total. The summed E-state index contributed by atoms with van der Waals surface area (Å²) in [5.74, 6) is -13.2. The Hall–Kier alpha value is -2.49. The van der Waals surface area contributed by atoms with Crippen LogP contribution in [0.25, 0.3) is 0 Å². The van der Waals surface area contributed by atoms with Crippen LogP contribution in [0, 0.1) is 35.0 Å². The van der Waals surface area contributed by atoms with Gasteiger partial charge >= 0.3 is 5.97 Å². The van der Waals surface area contributed by atoms with Crippen molar-refractivity contribution < 1.29 is 36.3 Å². The molecule has 1 aliphatic rings. The molecular formula is C19H16F5NO3S. The van der Waals surface area contributed by atoms with Gasteiger partial charge in [-0.2, -0.15) is 0 Å². The Bertz CT molecular complexity index is 975. The summed E-state index contributed by atoms with van der Waals surface area (Å²) in [6.07, 6.45) is 1.96. The number of amides is 1. The Morgan fingerprint density at radius 3 is 2.21 bits per heavy atom. The maximum Gasteiger partial charge on any atom is 0.341 e. The molecule has 0 bridgehead atoms. The molecule has 0 spiro atoms. The zero-order chi connectivity index (χ0) is 21.5. The highest BCUT2D eigenvalue weighted by molar-refractivity contribution is 7.17. The average Bonchev–Trinajstić information content (AvgIpc) is 3.01. The monoisotopic (exact) mass is 433 g/mol. The molecule has 3 rings (SSSR count). The first kappa shape index (κ1) is 21.2. The second-order valence-electron chi connectivity index (χ2n) is 6.68. The van der Waals surface area contributed by atoms with Crippen LogP contribution in [0.2, 0.25) is 0 Å². The Kier molecular flexibility index (Phi) is 5.92. The molecule has 2 aromatic rings. The number of ether oxygens (including phenoxy) is 1. The number of carbonyl (C=O) groups is 2. The summed E-state index contributed by atoms with van der Waals surface area (Å²) in [4.78, 5) is 25.6. The number of anilines is 1. The van der Waals surface area contributed by atoms with Crippen LogP contribution in [-0.2, 0) is 17.6 Å². The lowest BCUT2D eigenvalue weighted by Gasteiger charge is -2.18. The normalized spacial score (nSPS) is 15.8. The molecule has 1 aliphatic carbocycles. The van der Waals surface area contributed by atoms with Gasteiger partial charge in [0.1, 0.15) is 10.6 Å². The van der Waals surface area contributed by atoms with E-state index in [0.717, 1.165) is 22.6 Å². The Labute approximate surface area is 166 Å². The third-order valence-corrected chi connectivity index (χ3v) is 5.82. The van der Waals surface area contributed by atoms with E-state index in [9.17, 15) is 31.5 Å². The van der Waals surface area contributed by atoms with E-state index in [1.54, 1.807) is 6.92 Å². The predicted octanol–water partition coefficient (Wildman–Crippen LogP) is 5.00. The number of rotatable bonds is 4. The van der Waals surface area contributed by atoms with Gasteiger partial charge in [-0.15, -0.1) is 11.3 Å². The van der Waals surface area contributed by atoms with Crippen molar-refractivity contribution in [2.24, 2.45) is 5.92 Å². The molecule has 1 heterocycles. The lowest BCUT2D eigenvalue weighted by molar-refractivity contribution is 0.0526. The third kappa shape index (κ3) is 3.73. The molecule has 156 valence electrons. The number of nitrogens with one attached hydrogen (secondary N) is 1. The Balaban J connectivity index is 2.05. The fraction of sp³-hybridized carbons (Fsp3) is 0.368. The van der Waals surface area contributed by atoms with Gasteiger partial charge in [-0.05, 0) is 37.7 Å². The van der Waals surface area contributed by atoms with Gasteiger partial charge in [0.15, 0.2) is 23.3 Å². The third-order valence-electron chi connectivity index (χ3n) is 4.66. The van der Waals surface area contributed by atoms with Gasteiger partial charge in [0.05, 0.1) is 12.2 Å². The molecule has 1 atom stereocenters. The number of halogens is 5. The van der Waals surface area contributed by atoms with Gasteiger partial charge in [0, 0.05) is 4.88 Å². The summed E-state index contributed by atoms with van der Waals surface area (Å²) in [6, 6.07) is 0. The van der Waals surface area contributed by atoms with Gasteiger partial charge in [0.25, 0.3) is 5.91 Å². The van der Waals surface area contributed by atoms with E-state index < -0.39 is 46.5 Å². The number of fused-ring (bicyclic) bond motifs is 1. The molecule has 0 aliphatic heterocycles. The SMILES string of the molecule is CCOC(=O)c1c(NC(=O)c2c(F)c(F)c(F)c(F)c2F)sc2c1CCC(C)C2. The van der Waals surface area contributed by atoms with Crippen molar-refractivity contribution in [2.45, 2.75) is 33.1 Å². The quantitative estimate of drug-likeness (QED) is 0.320. The fourth-order valence-electron chi connectivity index (χ4n) is 3.23. The summed E-state index contributed by atoms with van der Waals surface area (Å²) in [6.45, 7) is 3.66. The molecule has 0 radical (unpaired) electrons. The first-order valence-corrected chi connectivity index (χ1v) is 9.63. The lowest BCUT2D eigenvalue weighted by Crippen LogP contribution is -2.20. The summed E-state index contributed by atoms with van der Waals surface area (Å²) < 4.78 is 73.0. The minimum atomic E-state index is -2.36. The highest BCUT2D eigenvalue weighted by Gasteiger charge is 2.33. The van der Waals surface area contributed by atoms with Gasteiger partial charge < -0.3 is 10.1 Å². The molecule has 1 aromatic heterocycles. The van der Waals surface area contributed by atoms with Crippen LogP contribution < -0.4 is 5.32 Å². The smallest absolute Gasteiger partial charge is 0.341 e. The summed E-state index contributed by atoms with van der Waals surface area (Å²) in [7, 11) is 0. The maximum absolute atomic E-state index is 13.9. The molecule has 10 heteroatoms. The molecule has 1 amide bonds. The number of hydrogen-bond donors (Lipinski definition) is 1.